The third-order valence-corrected chi connectivity index (χ3v) is 10.6. The Morgan fingerprint density at radius 3 is 1.46 bits per heavy atom. The lowest BCUT2D eigenvalue weighted by atomic mass is 10.1. The first kappa shape index (κ1) is 44.0. The number of nitrogens with one attached hydrogen (secondary N) is 2. The molecule has 0 unspecified atom stereocenters. The molecule has 4 aromatic heterocycles. The maximum absolute atomic E-state index is 12.6. The molecule has 2 N–H and O–H groups in total. The van der Waals surface area contributed by atoms with Crippen LogP contribution in [0.2, 0.25) is 0 Å². The number of aryl methyl sites for hydroxylation is 2. The number of nitrogens with zero attached hydrogens (tertiary/aromatic N) is 6. The predicted octanol–water partition coefficient (Wildman–Crippen LogP) is 9.28. The number of carbonyl (C=O) groups excluding carboxylic acids is 2. The molecular formula is C48H53ClN8O4. The smallest absolute Gasteiger partial charge is 0.246 e. The summed E-state index contributed by atoms with van der Waals surface area (Å²) in [7, 11) is 3.54. The van der Waals surface area contributed by atoms with Crippen LogP contribution < -0.4 is 10.6 Å². The standard InChI is InChI=1S/2C24H26N4O2.ClH/c2*1-16-19-7-5-6-8-20(19)30-21(16)14-28(4)22(29)10-9-17-11-18-13-27-24(2,3)15-26-23(18)25-12-17;/h2*5-13H,14-15H2,1-4H3,(H,25,26);1H/b2*10-9+;. The highest BCUT2D eigenvalue weighted by Gasteiger charge is 2.21. The normalized spacial score (nSPS) is 14.8. The molecular weight excluding hydrogens is 788 g/mol. The van der Waals surface area contributed by atoms with Crippen LogP contribution in [-0.4, -0.2) is 82.3 Å². The van der Waals surface area contributed by atoms with Gasteiger partial charge in [-0.2, -0.15) is 0 Å². The van der Waals surface area contributed by atoms with Crippen LogP contribution in [0.25, 0.3) is 34.1 Å². The summed E-state index contributed by atoms with van der Waals surface area (Å²) in [6, 6.07) is 19.8. The van der Waals surface area contributed by atoms with Gasteiger partial charge in [0.25, 0.3) is 0 Å². The van der Waals surface area contributed by atoms with Crippen LogP contribution in [0.3, 0.4) is 0 Å². The van der Waals surface area contributed by atoms with E-state index < -0.39 is 0 Å². The van der Waals surface area contributed by atoms with Crippen molar-refractivity contribution in [2.45, 2.75) is 65.7 Å². The maximum Gasteiger partial charge on any atom is 0.246 e. The number of rotatable bonds is 8. The first-order chi connectivity index (χ1) is 28.6. The number of pyridine rings is 2. The van der Waals surface area contributed by atoms with E-state index in [0.29, 0.717) is 13.1 Å². The quantitative estimate of drug-likeness (QED) is 0.145. The number of fused-ring (bicyclic) bond motifs is 4. The van der Waals surface area contributed by atoms with Gasteiger partial charge in [0.15, 0.2) is 0 Å². The van der Waals surface area contributed by atoms with Gasteiger partial charge in [-0.25, -0.2) is 9.97 Å². The van der Waals surface area contributed by atoms with Gasteiger partial charge in [0.1, 0.15) is 34.3 Å². The SMILES string of the molecule is Cc1c(CN(C)C(=O)/C=C/c2cnc3c(c2)C=NC(C)(C)CN3)oc2ccccc12.Cc1c(CN(C)C(=O)/C=C/c2cnc3c(c2)C=NC(C)(C)CN3)oc2ccccc12.Cl. The van der Waals surface area contributed by atoms with Gasteiger partial charge in [-0.05, 0) is 89.1 Å². The summed E-state index contributed by atoms with van der Waals surface area (Å²) in [6.07, 6.45) is 13.9. The second-order valence-electron chi connectivity index (χ2n) is 16.6. The molecule has 61 heavy (non-hydrogen) atoms. The van der Waals surface area contributed by atoms with Gasteiger partial charge in [-0.1, -0.05) is 36.4 Å². The summed E-state index contributed by atoms with van der Waals surface area (Å²) in [6.45, 7) is 14.6. The third-order valence-electron chi connectivity index (χ3n) is 10.6. The fraction of sp³-hybridized carbons (Fsp3) is 0.292. The van der Waals surface area contributed by atoms with Crippen molar-refractivity contribution in [3.8, 4) is 0 Å². The molecule has 2 aliphatic rings. The molecule has 0 atom stereocenters. The predicted molar refractivity (Wildman–Crippen MR) is 249 cm³/mol. The minimum Gasteiger partial charge on any atom is -0.459 e. The highest BCUT2D eigenvalue weighted by molar-refractivity contribution is 5.94. The molecule has 0 aliphatic carbocycles. The Bertz CT molecular complexity index is 2510. The summed E-state index contributed by atoms with van der Waals surface area (Å²) in [5, 5.41) is 8.81. The van der Waals surface area contributed by atoms with Gasteiger partial charge in [0.05, 0.1) is 24.2 Å². The summed E-state index contributed by atoms with van der Waals surface area (Å²) in [4.78, 5) is 46.7. The molecule has 0 saturated heterocycles. The Kier molecular flexibility index (Phi) is 13.3. The number of para-hydroxylation sites is 2. The van der Waals surface area contributed by atoms with Gasteiger partial charge in [0.2, 0.25) is 11.8 Å². The Hall–Kier alpha value is -6.53. The lowest BCUT2D eigenvalue weighted by Gasteiger charge is -2.17. The second kappa shape index (κ2) is 18.4. The summed E-state index contributed by atoms with van der Waals surface area (Å²) < 4.78 is 11.8. The number of hydrogen-bond acceptors (Lipinski definition) is 10. The number of halogens is 1. The fourth-order valence-corrected chi connectivity index (χ4v) is 6.78. The zero-order valence-corrected chi connectivity index (χ0v) is 36.8. The molecule has 0 radical (unpaired) electrons. The molecule has 2 aromatic carbocycles. The molecule has 0 bridgehead atoms. The maximum atomic E-state index is 12.6. The Morgan fingerprint density at radius 1 is 0.672 bits per heavy atom. The Labute approximate surface area is 363 Å². The van der Waals surface area contributed by atoms with E-state index in [2.05, 4.69) is 58.3 Å². The number of likely N-dealkylation sites (N-methyl/N-ethyl adjacent to an activating group) is 2. The number of hydrogen-bond donors (Lipinski definition) is 2. The molecule has 0 saturated carbocycles. The third kappa shape index (κ3) is 10.6. The highest BCUT2D eigenvalue weighted by Crippen LogP contribution is 2.28. The first-order valence-corrected chi connectivity index (χ1v) is 20.0. The summed E-state index contributed by atoms with van der Waals surface area (Å²) in [5.74, 6) is 3.03. The van der Waals surface area contributed by atoms with Crippen LogP contribution in [0.1, 0.15) is 72.6 Å². The molecule has 2 amide bonds. The van der Waals surface area contributed by atoms with E-state index in [1.807, 2.05) is 86.9 Å². The lowest BCUT2D eigenvalue weighted by molar-refractivity contribution is -0.126. The van der Waals surface area contributed by atoms with Crippen LogP contribution in [0, 0.1) is 13.8 Å². The van der Waals surface area contributed by atoms with Crippen LogP contribution in [0.4, 0.5) is 11.6 Å². The largest absolute Gasteiger partial charge is 0.459 e. The molecule has 2 aliphatic heterocycles. The molecule has 0 fully saturated rings. The number of aliphatic imine (C=N–C) groups is 2. The zero-order chi connectivity index (χ0) is 42.6. The van der Waals surface area contributed by atoms with Crippen molar-refractivity contribution in [2.24, 2.45) is 9.98 Å². The van der Waals surface area contributed by atoms with E-state index >= 15 is 0 Å². The van der Waals surface area contributed by atoms with Gasteiger partial charge < -0.3 is 29.3 Å². The Balaban J connectivity index is 0.000000201. The highest BCUT2D eigenvalue weighted by atomic mass is 35.5. The van der Waals surface area contributed by atoms with Crippen molar-refractivity contribution >= 4 is 82.4 Å². The molecule has 6 heterocycles. The fourth-order valence-electron chi connectivity index (χ4n) is 6.78. The molecule has 13 heteroatoms. The zero-order valence-electron chi connectivity index (χ0n) is 35.9. The minimum atomic E-state index is -0.176. The molecule has 6 aromatic rings. The van der Waals surface area contributed by atoms with Gasteiger partial charge in [-0.15, -0.1) is 12.4 Å². The van der Waals surface area contributed by atoms with E-state index in [1.54, 1.807) is 60.6 Å². The van der Waals surface area contributed by atoms with E-state index in [4.69, 9.17) is 8.83 Å². The van der Waals surface area contributed by atoms with E-state index in [9.17, 15) is 9.59 Å². The van der Waals surface area contributed by atoms with E-state index in [-0.39, 0.29) is 35.3 Å². The molecule has 12 nitrogen and oxygen atoms in total. The van der Waals surface area contributed by atoms with Crippen LogP contribution in [-0.2, 0) is 22.7 Å². The number of aromatic nitrogens is 2. The van der Waals surface area contributed by atoms with Crippen LogP contribution in [0.15, 0.2) is 104 Å². The monoisotopic (exact) mass is 840 g/mol. The molecule has 8 rings (SSSR count). The van der Waals surface area contributed by atoms with Crippen LogP contribution in [0.5, 0.6) is 0 Å². The number of amides is 2. The van der Waals surface area contributed by atoms with Crippen molar-refractivity contribution in [1.82, 2.24) is 19.8 Å². The number of furan rings is 2. The van der Waals surface area contributed by atoms with Crippen molar-refractivity contribution in [3.05, 3.63) is 130 Å². The van der Waals surface area contributed by atoms with Gasteiger partial charge in [-0.3, -0.25) is 19.6 Å². The van der Waals surface area contributed by atoms with Crippen molar-refractivity contribution in [1.29, 1.82) is 0 Å². The van der Waals surface area contributed by atoms with Gasteiger partial charge in [0, 0.05) is 97.2 Å². The average molecular weight is 841 g/mol. The van der Waals surface area contributed by atoms with Crippen molar-refractivity contribution in [2.75, 3.05) is 37.8 Å². The summed E-state index contributed by atoms with van der Waals surface area (Å²) in [5.41, 5.74) is 7.01. The molecule has 316 valence electrons. The average Bonchev–Trinajstić information content (AvgIpc) is 3.60. The second-order valence-corrected chi connectivity index (χ2v) is 16.6. The topological polar surface area (TPSA) is 141 Å². The molecule has 0 spiro atoms. The van der Waals surface area contributed by atoms with Crippen molar-refractivity contribution in [3.63, 3.8) is 0 Å². The van der Waals surface area contributed by atoms with E-state index in [1.165, 1.54) is 0 Å². The lowest BCUT2D eigenvalue weighted by Crippen LogP contribution is -2.26. The number of carbonyl (C=O) groups is 2. The summed E-state index contributed by atoms with van der Waals surface area (Å²) >= 11 is 0. The number of anilines is 2. The van der Waals surface area contributed by atoms with E-state index in [0.717, 1.165) is 91.6 Å². The minimum absolute atomic E-state index is 0. The van der Waals surface area contributed by atoms with Crippen LogP contribution >= 0.6 is 12.4 Å². The number of benzene rings is 2. The van der Waals surface area contributed by atoms with Crippen molar-refractivity contribution < 1.29 is 18.4 Å². The Morgan fingerprint density at radius 2 is 1.07 bits per heavy atom. The first-order valence-electron chi connectivity index (χ1n) is 20.0. The van der Waals surface area contributed by atoms with Gasteiger partial charge >= 0.3 is 0 Å².